The van der Waals surface area contributed by atoms with Crippen LogP contribution in [0, 0.1) is 17.8 Å². The summed E-state index contributed by atoms with van der Waals surface area (Å²) in [6.07, 6.45) is 5.19. The van der Waals surface area contributed by atoms with Crippen molar-refractivity contribution in [3.05, 3.63) is 0 Å². The Morgan fingerprint density at radius 1 is 1.27 bits per heavy atom. The molecule has 2 rings (SSSR count). The second-order valence-corrected chi connectivity index (χ2v) is 7.10. The fraction of sp³-hybridized carbons (Fsp3) is 1.00. The highest BCUT2D eigenvalue weighted by atomic mass is 35.5. The molecule has 0 aromatic rings. The van der Waals surface area contributed by atoms with Gasteiger partial charge >= 0.3 is 0 Å². The molecule has 0 spiro atoms. The predicted octanol–water partition coefficient (Wildman–Crippen LogP) is 1.58. The quantitative estimate of drug-likeness (QED) is 0.755. The molecule has 88 valence electrons. The van der Waals surface area contributed by atoms with Crippen LogP contribution in [-0.2, 0) is 10.0 Å². The van der Waals surface area contributed by atoms with Gasteiger partial charge in [0, 0.05) is 12.4 Å². The molecule has 3 atom stereocenters. The molecule has 0 heterocycles. The van der Waals surface area contributed by atoms with Gasteiger partial charge in [-0.25, -0.2) is 13.1 Å². The Balaban J connectivity index is 1.79. The minimum Gasteiger partial charge on any atom is -0.215 e. The molecule has 0 aliphatic heterocycles. The van der Waals surface area contributed by atoms with Crippen LogP contribution in [0.15, 0.2) is 0 Å². The predicted molar refractivity (Wildman–Crippen MR) is 61.4 cm³/mol. The molecule has 0 amide bonds. The molecule has 3 nitrogen and oxygen atoms in total. The van der Waals surface area contributed by atoms with E-state index in [1.165, 1.54) is 25.7 Å². The van der Waals surface area contributed by atoms with Gasteiger partial charge in [-0.3, -0.25) is 0 Å². The van der Waals surface area contributed by atoms with Gasteiger partial charge in [-0.2, -0.15) is 0 Å². The Hall–Kier alpha value is 0.200. The van der Waals surface area contributed by atoms with E-state index < -0.39 is 10.0 Å². The summed E-state index contributed by atoms with van der Waals surface area (Å²) in [5.41, 5.74) is 0. The van der Waals surface area contributed by atoms with Gasteiger partial charge in [0.15, 0.2) is 0 Å². The lowest BCUT2D eigenvalue weighted by Gasteiger charge is -2.21. The van der Waals surface area contributed by atoms with Crippen LogP contribution < -0.4 is 4.72 Å². The van der Waals surface area contributed by atoms with Crippen molar-refractivity contribution in [2.75, 3.05) is 18.2 Å². The summed E-state index contributed by atoms with van der Waals surface area (Å²) in [5, 5.41) is 0. The first kappa shape index (κ1) is 11.7. The highest BCUT2D eigenvalue weighted by Gasteiger charge is 2.39. The fourth-order valence-corrected chi connectivity index (χ4v) is 4.46. The van der Waals surface area contributed by atoms with Gasteiger partial charge in [0.05, 0.1) is 5.75 Å². The van der Waals surface area contributed by atoms with Gasteiger partial charge in [0.1, 0.15) is 0 Å². The van der Waals surface area contributed by atoms with Gasteiger partial charge < -0.3 is 0 Å². The lowest BCUT2D eigenvalue weighted by atomic mass is 9.89. The third kappa shape index (κ3) is 2.86. The zero-order chi connectivity index (χ0) is 10.9. The van der Waals surface area contributed by atoms with Crippen LogP contribution in [0.3, 0.4) is 0 Å². The van der Waals surface area contributed by atoms with Crippen molar-refractivity contribution in [1.82, 2.24) is 4.72 Å². The van der Waals surface area contributed by atoms with Gasteiger partial charge in [-0.15, -0.1) is 11.6 Å². The Labute approximate surface area is 96.6 Å². The van der Waals surface area contributed by atoms with Crippen molar-refractivity contribution in [2.24, 2.45) is 17.8 Å². The fourth-order valence-electron chi connectivity index (χ4n) is 3.03. The van der Waals surface area contributed by atoms with Crippen molar-refractivity contribution in [3.63, 3.8) is 0 Å². The van der Waals surface area contributed by atoms with Crippen molar-refractivity contribution < 1.29 is 8.42 Å². The summed E-state index contributed by atoms with van der Waals surface area (Å²) >= 11 is 5.43. The zero-order valence-corrected chi connectivity index (χ0v) is 10.4. The first-order chi connectivity index (χ1) is 7.11. The molecule has 0 saturated heterocycles. The van der Waals surface area contributed by atoms with Crippen LogP contribution in [0.1, 0.15) is 25.7 Å². The largest absolute Gasteiger partial charge is 0.215 e. The molecule has 15 heavy (non-hydrogen) atoms. The summed E-state index contributed by atoms with van der Waals surface area (Å²) < 4.78 is 25.5. The molecule has 0 aromatic carbocycles. The van der Waals surface area contributed by atoms with Crippen LogP contribution in [0.25, 0.3) is 0 Å². The number of nitrogens with one attached hydrogen (secondary N) is 1. The number of hydrogen-bond donors (Lipinski definition) is 1. The van der Waals surface area contributed by atoms with Crippen molar-refractivity contribution in [3.8, 4) is 0 Å². The second-order valence-electron chi connectivity index (χ2n) is 4.79. The highest BCUT2D eigenvalue weighted by Crippen LogP contribution is 2.47. The molecular formula is C10H18ClNO2S. The van der Waals surface area contributed by atoms with Crippen LogP contribution >= 0.6 is 11.6 Å². The maximum atomic E-state index is 11.4. The Bertz CT molecular complexity index is 317. The van der Waals surface area contributed by atoms with E-state index in [9.17, 15) is 8.42 Å². The number of alkyl halides is 1. The third-order valence-corrected chi connectivity index (χ3v) is 5.56. The first-order valence-electron chi connectivity index (χ1n) is 5.64. The topological polar surface area (TPSA) is 46.2 Å². The summed E-state index contributed by atoms with van der Waals surface area (Å²) in [7, 11) is -3.12. The lowest BCUT2D eigenvalue weighted by Crippen LogP contribution is -2.33. The van der Waals surface area contributed by atoms with Crippen LogP contribution in [0.2, 0.25) is 0 Å². The Morgan fingerprint density at radius 2 is 2.07 bits per heavy atom. The molecule has 2 aliphatic carbocycles. The second kappa shape index (κ2) is 4.60. The van der Waals surface area contributed by atoms with Crippen molar-refractivity contribution >= 4 is 21.6 Å². The highest BCUT2D eigenvalue weighted by molar-refractivity contribution is 7.89. The molecule has 2 saturated carbocycles. The van der Waals surface area contributed by atoms with E-state index in [1.54, 1.807) is 0 Å². The smallest absolute Gasteiger partial charge is 0.212 e. The van der Waals surface area contributed by atoms with E-state index in [0.717, 1.165) is 11.8 Å². The van der Waals surface area contributed by atoms with Crippen molar-refractivity contribution in [1.29, 1.82) is 0 Å². The molecule has 2 bridgehead atoms. The number of hydrogen-bond acceptors (Lipinski definition) is 2. The molecule has 1 N–H and O–H groups in total. The number of rotatable bonds is 5. The van der Waals surface area contributed by atoms with Gasteiger partial charge in [0.25, 0.3) is 0 Å². The number of sulfonamides is 1. The lowest BCUT2D eigenvalue weighted by molar-refractivity contribution is 0.333. The van der Waals surface area contributed by atoms with Gasteiger partial charge in [-0.05, 0) is 37.0 Å². The minimum atomic E-state index is -3.12. The monoisotopic (exact) mass is 251 g/mol. The summed E-state index contributed by atoms with van der Waals surface area (Å²) in [4.78, 5) is 0. The molecule has 2 fully saturated rings. The Kier molecular flexibility index (Phi) is 3.58. The summed E-state index contributed by atoms with van der Waals surface area (Å²) in [6, 6.07) is 0. The van der Waals surface area contributed by atoms with E-state index in [1.807, 2.05) is 0 Å². The molecule has 0 aromatic heterocycles. The van der Waals surface area contributed by atoms with Crippen LogP contribution in [0.4, 0.5) is 0 Å². The van der Waals surface area contributed by atoms with Gasteiger partial charge in [-0.1, -0.05) is 6.42 Å². The zero-order valence-electron chi connectivity index (χ0n) is 8.78. The van der Waals surface area contributed by atoms with Gasteiger partial charge in [0.2, 0.25) is 10.0 Å². The SMILES string of the molecule is O=S(=O)(CCCl)NCC1CC2CCC1C2. The van der Waals surface area contributed by atoms with E-state index in [4.69, 9.17) is 11.6 Å². The Morgan fingerprint density at radius 3 is 2.60 bits per heavy atom. The normalized spacial score (nSPS) is 34.9. The number of halogens is 1. The third-order valence-electron chi connectivity index (χ3n) is 3.80. The molecule has 5 heteroatoms. The van der Waals surface area contributed by atoms with Crippen LogP contribution in [0.5, 0.6) is 0 Å². The van der Waals surface area contributed by atoms with Crippen LogP contribution in [-0.4, -0.2) is 26.6 Å². The molecule has 2 aliphatic rings. The van der Waals surface area contributed by atoms with E-state index in [-0.39, 0.29) is 11.6 Å². The van der Waals surface area contributed by atoms with E-state index in [2.05, 4.69) is 4.72 Å². The minimum absolute atomic E-state index is 0.0371. The van der Waals surface area contributed by atoms with E-state index in [0.29, 0.717) is 12.5 Å². The maximum absolute atomic E-state index is 11.4. The average Bonchev–Trinajstić information content (AvgIpc) is 2.75. The first-order valence-corrected chi connectivity index (χ1v) is 7.82. The standard InChI is InChI=1S/C10H18ClNO2S/c11-3-4-15(13,14)12-7-10-6-8-1-2-9(10)5-8/h8-10,12H,1-7H2. The number of fused-ring (bicyclic) bond motifs is 2. The molecule has 3 unspecified atom stereocenters. The van der Waals surface area contributed by atoms with Crippen molar-refractivity contribution in [2.45, 2.75) is 25.7 Å². The molecular weight excluding hydrogens is 234 g/mol. The van der Waals surface area contributed by atoms with E-state index >= 15 is 0 Å². The molecule has 0 radical (unpaired) electrons. The summed E-state index contributed by atoms with van der Waals surface area (Å²) in [5.74, 6) is 2.43. The average molecular weight is 252 g/mol. The summed E-state index contributed by atoms with van der Waals surface area (Å²) in [6.45, 7) is 0.625. The maximum Gasteiger partial charge on any atom is 0.212 e.